The molecule has 65 valence electrons. The average molecular weight is 154 g/mol. The standard InChI is InChI=1S/C10H20N/c1-8-3-5-10(6-4-8)7-9(2)11/h8-10H,2-7,11H2,1H3. The summed E-state index contributed by atoms with van der Waals surface area (Å²) >= 11 is 0. The maximum atomic E-state index is 5.65. The third kappa shape index (κ3) is 3.24. The van der Waals surface area contributed by atoms with Gasteiger partial charge in [-0.15, -0.1) is 0 Å². The van der Waals surface area contributed by atoms with Gasteiger partial charge in [0.05, 0.1) is 0 Å². The number of nitrogens with two attached hydrogens (primary N) is 1. The van der Waals surface area contributed by atoms with Crippen LogP contribution in [0.5, 0.6) is 0 Å². The summed E-state index contributed by atoms with van der Waals surface area (Å²) in [4.78, 5) is 0. The van der Waals surface area contributed by atoms with E-state index in [1.807, 2.05) is 0 Å². The van der Waals surface area contributed by atoms with Crippen LogP contribution in [0, 0.1) is 18.8 Å². The highest BCUT2D eigenvalue weighted by atomic mass is 14.6. The Balaban J connectivity index is 2.17. The predicted molar refractivity (Wildman–Crippen MR) is 49.1 cm³/mol. The van der Waals surface area contributed by atoms with Gasteiger partial charge in [0.1, 0.15) is 0 Å². The highest BCUT2D eigenvalue weighted by molar-refractivity contribution is 4.75. The zero-order valence-electron chi connectivity index (χ0n) is 7.55. The topological polar surface area (TPSA) is 26.0 Å². The molecule has 0 aromatic heterocycles. The Labute approximate surface area is 70.4 Å². The van der Waals surface area contributed by atoms with Gasteiger partial charge in [-0.05, 0) is 25.2 Å². The molecule has 1 radical (unpaired) electrons. The van der Waals surface area contributed by atoms with E-state index in [1.165, 1.54) is 25.7 Å². The Morgan fingerprint density at radius 1 is 1.36 bits per heavy atom. The first-order valence-electron chi connectivity index (χ1n) is 4.77. The average Bonchev–Trinajstić information content (AvgIpc) is 1.93. The van der Waals surface area contributed by atoms with Gasteiger partial charge >= 0.3 is 0 Å². The molecular formula is C10H20N. The lowest BCUT2D eigenvalue weighted by Crippen LogP contribution is -2.22. The van der Waals surface area contributed by atoms with Crippen molar-refractivity contribution in [1.82, 2.24) is 0 Å². The molecule has 1 aliphatic carbocycles. The van der Waals surface area contributed by atoms with Crippen LogP contribution in [0.3, 0.4) is 0 Å². The first-order chi connectivity index (χ1) is 5.18. The Hall–Kier alpha value is -0.0400. The summed E-state index contributed by atoms with van der Waals surface area (Å²) in [6.07, 6.45) is 6.69. The van der Waals surface area contributed by atoms with Gasteiger partial charge in [0.2, 0.25) is 0 Å². The minimum Gasteiger partial charge on any atom is -0.328 e. The summed E-state index contributed by atoms with van der Waals surface area (Å²) in [5, 5.41) is 0. The van der Waals surface area contributed by atoms with Crippen molar-refractivity contribution < 1.29 is 0 Å². The van der Waals surface area contributed by atoms with Gasteiger partial charge in [0.15, 0.2) is 0 Å². The fourth-order valence-electron chi connectivity index (χ4n) is 1.99. The first kappa shape index (κ1) is 9.05. The van der Waals surface area contributed by atoms with Crippen molar-refractivity contribution in [3.05, 3.63) is 6.92 Å². The lowest BCUT2D eigenvalue weighted by atomic mass is 9.80. The van der Waals surface area contributed by atoms with Crippen LogP contribution in [0.1, 0.15) is 39.0 Å². The van der Waals surface area contributed by atoms with Gasteiger partial charge in [-0.3, -0.25) is 0 Å². The van der Waals surface area contributed by atoms with Crippen LogP contribution >= 0.6 is 0 Å². The molecule has 11 heavy (non-hydrogen) atoms. The lowest BCUT2D eigenvalue weighted by molar-refractivity contribution is 0.271. The Kier molecular flexibility index (Phi) is 3.38. The van der Waals surface area contributed by atoms with Crippen LogP contribution in [-0.2, 0) is 0 Å². The Morgan fingerprint density at radius 2 is 1.91 bits per heavy atom. The van der Waals surface area contributed by atoms with Crippen molar-refractivity contribution in [2.24, 2.45) is 17.6 Å². The molecule has 0 aromatic rings. The molecule has 0 aromatic carbocycles. The third-order valence-electron chi connectivity index (χ3n) is 2.77. The highest BCUT2D eigenvalue weighted by Gasteiger charge is 2.18. The minimum absolute atomic E-state index is 0.161. The second-order valence-electron chi connectivity index (χ2n) is 4.12. The molecule has 0 amide bonds. The van der Waals surface area contributed by atoms with Gasteiger partial charge < -0.3 is 5.73 Å². The van der Waals surface area contributed by atoms with Gasteiger partial charge in [0, 0.05) is 6.04 Å². The molecule has 1 heteroatoms. The van der Waals surface area contributed by atoms with Gasteiger partial charge in [-0.1, -0.05) is 32.6 Å². The molecule has 0 aliphatic heterocycles. The molecule has 1 nitrogen and oxygen atoms in total. The molecule has 1 saturated carbocycles. The fourth-order valence-corrected chi connectivity index (χ4v) is 1.99. The summed E-state index contributed by atoms with van der Waals surface area (Å²) in [5.41, 5.74) is 5.65. The van der Waals surface area contributed by atoms with Crippen molar-refractivity contribution in [3.63, 3.8) is 0 Å². The molecule has 0 saturated heterocycles. The molecule has 1 unspecified atom stereocenters. The second kappa shape index (κ2) is 4.10. The van der Waals surface area contributed by atoms with Crippen molar-refractivity contribution in [2.75, 3.05) is 0 Å². The maximum absolute atomic E-state index is 5.65. The van der Waals surface area contributed by atoms with Crippen LogP contribution < -0.4 is 5.73 Å². The molecule has 0 spiro atoms. The summed E-state index contributed by atoms with van der Waals surface area (Å²) in [7, 11) is 0. The summed E-state index contributed by atoms with van der Waals surface area (Å²) in [5.74, 6) is 1.82. The van der Waals surface area contributed by atoms with E-state index in [1.54, 1.807) is 0 Å². The van der Waals surface area contributed by atoms with Crippen molar-refractivity contribution in [1.29, 1.82) is 0 Å². The minimum atomic E-state index is 0.161. The lowest BCUT2D eigenvalue weighted by Gasteiger charge is -2.27. The highest BCUT2D eigenvalue weighted by Crippen LogP contribution is 2.30. The van der Waals surface area contributed by atoms with Crippen molar-refractivity contribution in [3.8, 4) is 0 Å². The van der Waals surface area contributed by atoms with Crippen LogP contribution in [-0.4, -0.2) is 6.04 Å². The van der Waals surface area contributed by atoms with Gasteiger partial charge in [-0.2, -0.15) is 0 Å². The zero-order valence-corrected chi connectivity index (χ0v) is 7.55. The van der Waals surface area contributed by atoms with E-state index in [2.05, 4.69) is 13.8 Å². The second-order valence-corrected chi connectivity index (χ2v) is 4.12. The largest absolute Gasteiger partial charge is 0.328 e. The third-order valence-corrected chi connectivity index (χ3v) is 2.77. The van der Waals surface area contributed by atoms with E-state index >= 15 is 0 Å². The quantitative estimate of drug-likeness (QED) is 0.649. The maximum Gasteiger partial charge on any atom is 0.00420 e. The van der Waals surface area contributed by atoms with Crippen LogP contribution in [0.15, 0.2) is 0 Å². The molecule has 1 rings (SSSR count). The number of hydrogen-bond donors (Lipinski definition) is 1. The summed E-state index contributed by atoms with van der Waals surface area (Å²) in [6.45, 7) is 6.18. The van der Waals surface area contributed by atoms with Gasteiger partial charge in [0.25, 0.3) is 0 Å². The van der Waals surface area contributed by atoms with Crippen LogP contribution in [0.2, 0.25) is 0 Å². The fraction of sp³-hybridized carbons (Fsp3) is 0.900. The van der Waals surface area contributed by atoms with E-state index in [4.69, 9.17) is 5.73 Å². The molecular weight excluding hydrogens is 134 g/mol. The van der Waals surface area contributed by atoms with Crippen LogP contribution in [0.25, 0.3) is 0 Å². The summed E-state index contributed by atoms with van der Waals surface area (Å²) in [6, 6.07) is 0.161. The smallest absolute Gasteiger partial charge is 0.00420 e. The van der Waals surface area contributed by atoms with Crippen molar-refractivity contribution >= 4 is 0 Å². The van der Waals surface area contributed by atoms with E-state index in [0.29, 0.717) is 0 Å². The number of hydrogen-bond acceptors (Lipinski definition) is 1. The molecule has 2 N–H and O–H groups in total. The van der Waals surface area contributed by atoms with Crippen LogP contribution in [0.4, 0.5) is 0 Å². The Bertz CT molecular complexity index is 101. The molecule has 1 atom stereocenters. The zero-order chi connectivity index (χ0) is 8.27. The predicted octanol–water partition coefficient (Wildman–Crippen LogP) is 2.36. The number of rotatable bonds is 2. The molecule has 0 bridgehead atoms. The van der Waals surface area contributed by atoms with Gasteiger partial charge in [-0.25, -0.2) is 0 Å². The van der Waals surface area contributed by atoms with Crippen molar-refractivity contribution in [2.45, 2.75) is 45.1 Å². The summed E-state index contributed by atoms with van der Waals surface area (Å²) < 4.78 is 0. The Morgan fingerprint density at radius 3 is 2.36 bits per heavy atom. The molecule has 1 aliphatic rings. The SMILES string of the molecule is [CH2]C(N)CC1CCC(C)CC1. The molecule has 0 heterocycles. The normalized spacial score (nSPS) is 35.2. The van der Waals surface area contributed by atoms with E-state index in [9.17, 15) is 0 Å². The van der Waals surface area contributed by atoms with E-state index in [-0.39, 0.29) is 6.04 Å². The monoisotopic (exact) mass is 154 g/mol. The van der Waals surface area contributed by atoms with E-state index < -0.39 is 0 Å². The molecule has 1 fully saturated rings. The first-order valence-corrected chi connectivity index (χ1v) is 4.77. The van der Waals surface area contributed by atoms with E-state index in [0.717, 1.165) is 18.3 Å².